The van der Waals surface area contributed by atoms with Gasteiger partial charge >= 0.3 is 0 Å². The number of nitrogens with one attached hydrogen (secondary N) is 1. The van der Waals surface area contributed by atoms with E-state index >= 15 is 0 Å². The zero-order valence-corrected chi connectivity index (χ0v) is 15.7. The normalized spacial score (nSPS) is 22.2. The van der Waals surface area contributed by atoms with Crippen molar-refractivity contribution in [3.05, 3.63) is 41.5 Å². The number of sulfonamides is 1. The minimum Gasteiger partial charge on any atom is -0.352 e. The highest BCUT2D eigenvalue weighted by Gasteiger charge is 2.42. The smallest absolute Gasteiger partial charge is 0.251 e. The van der Waals surface area contributed by atoms with Gasteiger partial charge in [-0.15, -0.1) is 0 Å². The number of amides is 2. The summed E-state index contributed by atoms with van der Waals surface area (Å²) in [6.45, 7) is 2.14. The van der Waals surface area contributed by atoms with Crippen molar-refractivity contribution in [2.45, 2.75) is 39.0 Å². The SMILES string of the molecule is C[C@@H]1CS(=O)(=O)N(c2cccc(C(=O)NCCC3=CCCCC3)c2)C1=O. The lowest BCUT2D eigenvalue weighted by molar-refractivity contribution is -0.119. The van der Waals surface area contributed by atoms with E-state index in [0.717, 1.165) is 23.6 Å². The molecule has 3 rings (SSSR count). The van der Waals surface area contributed by atoms with E-state index in [1.54, 1.807) is 19.1 Å². The third-order valence-electron chi connectivity index (χ3n) is 4.82. The second-order valence-corrected chi connectivity index (χ2v) is 8.81. The van der Waals surface area contributed by atoms with Crippen LogP contribution in [-0.4, -0.2) is 32.5 Å². The average molecular weight is 376 g/mol. The number of allylic oxidation sites excluding steroid dienone is 1. The van der Waals surface area contributed by atoms with Gasteiger partial charge in [-0.1, -0.05) is 24.6 Å². The van der Waals surface area contributed by atoms with Gasteiger partial charge in [0.25, 0.3) is 5.91 Å². The van der Waals surface area contributed by atoms with E-state index in [0.29, 0.717) is 12.1 Å². The summed E-state index contributed by atoms with van der Waals surface area (Å²) in [7, 11) is -3.67. The number of hydrogen-bond acceptors (Lipinski definition) is 4. The Labute approximate surface area is 154 Å². The molecule has 1 aromatic rings. The molecule has 1 heterocycles. The van der Waals surface area contributed by atoms with Crippen LogP contribution < -0.4 is 9.62 Å². The first-order valence-corrected chi connectivity index (χ1v) is 10.6. The van der Waals surface area contributed by atoms with Crippen LogP contribution in [-0.2, 0) is 14.8 Å². The topological polar surface area (TPSA) is 83.6 Å². The van der Waals surface area contributed by atoms with Crippen molar-refractivity contribution in [3.8, 4) is 0 Å². The molecule has 1 saturated heterocycles. The Hall–Kier alpha value is -2.15. The summed E-state index contributed by atoms with van der Waals surface area (Å²) in [5.74, 6) is -1.48. The lowest BCUT2D eigenvalue weighted by atomic mass is 9.97. The van der Waals surface area contributed by atoms with Crippen LogP contribution in [0.4, 0.5) is 5.69 Å². The molecule has 1 N–H and O–H groups in total. The molecule has 1 aliphatic carbocycles. The second-order valence-electron chi connectivity index (χ2n) is 6.95. The molecule has 0 saturated carbocycles. The predicted molar refractivity (Wildman–Crippen MR) is 100 cm³/mol. The van der Waals surface area contributed by atoms with Crippen LogP contribution in [0.5, 0.6) is 0 Å². The van der Waals surface area contributed by atoms with Crippen LogP contribution in [0, 0.1) is 5.92 Å². The summed E-state index contributed by atoms with van der Waals surface area (Å²) < 4.78 is 25.2. The van der Waals surface area contributed by atoms with Gasteiger partial charge in [0.2, 0.25) is 15.9 Å². The Morgan fingerprint density at radius 1 is 1.31 bits per heavy atom. The number of carbonyl (C=O) groups excluding carboxylic acids is 2. The van der Waals surface area contributed by atoms with Crippen molar-refractivity contribution in [2.24, 2.45) is 5.92 Å². The molecule has 6 nitrogen and oxygen atoms in total. The van der Waals surface area contributed by atoms with Crippen molar-refractivity contribution in [2.75, 3.05) is 16.6 Å². The maximum atomic E-state index is 12.4. The van der Waals surface area contributed by atoms with E-state index in [-0.39, 0.29) is 17.3 Å². The molecule has 2 amide bonds. The first-order chi connectivity index (χ1) is 12.4. The summed E-state index contributed by atoms with van der Waals surface area (Å²) >= 11 is 0. The second kappa shape index (κ2) is 7.61. The molecular formula is C19H24N2O4S. The molecular weight excluding hydrogens is 352 g/mol. The Morgan fingerprint density at radius 3 is 2.77 bits per heavy atom. The number of hydrogen-bond donors (Lipinski definition) is 1. The third kappa shape index (κ3) is 3.98. The van der Waals surface area contributed by atoms with Crippen LogP contribution >= 0.6 is 0 Å². The molecule has 0 spiro atoms. The van der Waals surface area contributed by atoms with Crippen LogP contribution in [0.25, 0.3) is 0 Å². The first-order valence-electron chi connectivity index (χ1n) is 9.01. The summed E-state index contributed by atoms with van der Waals surface area (Å²) in [5.41, 5.74) is 1.96. The largest absolute Gasteiger partial charge is 0.352 e. The molecule has 0 unspecified atom stereocenters. The van der Waals surface area contributed by atoms with Gasteiger partial charge in [-0.25, -0.2) is 12.7 Å². The van der Waals surface area contributed by atoms with E-state index < -0.39 is 21.8 Å². The Balaban J connectivity index is 1.68. The lowest BCUT2D eigenvalue weighted by Gasteiger charge is -2.16. The van der Waals surface area contributed by atoms with Crippen molar-refractivity contribution in [1.29, 1.82) is 0 Å². The molecule has 0 bridgehead atoms. The highest BCUT2D eigenvalue weighted by atomic mass is 32.2. The van der Waals surface area contributed by atoms with Crippen LogP contribution in [0.15, 0.2) is 35.9 Å². The van der Waals surface area contributed by atoms with Crippen molar-refractivity contribution < 1.29 is 18.0 Å². The predicted octanol–water partition coefficient (Wildman–Crippen LogP) is 2.62. The highest BCUT2D eigenvalue weighted by Crippen LogP contribution is 2.28. The van der Waals surface area contributed by atoms with Crippen molar-refractivity contribution >= 4 is 27.5 Å². The highest BCUT2D eigenvalue weighted by molar-refractivity contribution is 7.94. The molecule has 0 aromatic heterocycles. The number of anilines is 1. The molecule has 1 aliphatic heterocycles. The average Bonchev–Trinajstić information content (AvgIpc) is 2.83. The van der Waals surface area contributed by atoms with E-state index in [4.69, 9.17) is 0 Å². The molecule has 2 aliphatic rings. The number of rotatable bonds is 5. The fraction of sp³-hybridized carbons (Fsp3) is 0.474. The fourth-order valence-electron chi connectivity index (χ4n) is 3.43. The molecule has 1 aromatic carbocycles. The molecule has 1 fully saturated rings. The van der Waals surface area contributed by atoms with Crippen LogP contribution in [0.2, 0.25) is 0 Å². The summed E-state index contributed by atoms with van der Waals surface area (Å²) in [6.07, 6.45) is 7.74. The fourth-order valence-corrected chi connectivity index (χ4v) is 5.24. The van der Waals surface area contributed by atoms with Crippen LogP contribution in [0.3, 0.4) is 0 Å². The molecule has 26 heavy (non-hydrogen) atoms. The third-order valence-corrected chi connectivity index (χ3v) is 6.69. The monoisotopic (exact) mass is 376 g/mol. The zero-order valence-electron chi connectivity index (χ0n) is 14.9. The number of carbonyl (C=O) groups is 2. The van der Waals surface area contributed by atoms with Gasteiger partial charge in [-0.05, 0) is 50.3 Å². The number of benzene rings is 1. The Kier molecular flexibility index (Phi) is 5.46. The maximum absolute atomic E-state index is 12.4. The van der Waals surface area contributed by atoms with Gasteiger partial charge in [-0.2, -0.15) is 0 Å². The summed E-state index contributed by atoms with van der Waals surface area (Å²) in [5, 5.41) is 2.87. The van der Waals surface area contributed by atoms with Gasteiger partial charge in [-0.3, -0.25) is 9.59 Å². The van der Waals surface area contributed by atoms with Crippen LogP contribution in [0.1, 0.15) is 49.4 Å². The lowest BCUT2D eigenvalue weighted by Crippen LogP contribution is -2.31. The standard InChI is InChI=1S/C19H24N2O4S/c1-14-13-26(24,25)21(19(14)23)17-9-5-8-16(12-17)18(22)20-11-10-15-6-3-2-4-7-15/h5-6,8-9,12,14H,2-4,7,10-11,13H2,1H3,(H,20,22)/t14-/m1/s1. The van der Waals surface area contributed by atoms with Gasteiger partial charge in [0.15, 0.2) is 0 Å². The van der Waals surface area contributed by atoms with E-state index in [1.807, 2.05) is 0 Å². The van der Waals surface area contributed by atoms with E-state index in [9.17, 15) is 18.0 Å². The molecule has 7 heteroatoms. The van der Waals surface area contributed by atoms with E-state index in [1.165, 1.54) is 30.5 Å². The van der Waals surface area contributed by atoms with Crippen molar-refractivity contribution in [1.82, 2.24) is 5.32 Å². The summed E-state index contributed by atoms with van der Waals surface area (Å²) in [4.78, 5) is 24.6. The molecule has 0 radical (unpaired) electrons. The number of nitrogens with zero attached hydrogens (tertiary/aromatic N) is 1. The summed E-state index contributed by atoms with van der Waals surface area (Å²) in [6, 6.07) is 6.22. The van der Waals surface area contributed by atoms with Gasteiger partial charge in [0.1, 0.15) is 0 Å². The van der Waals surface area contributed by atoms with E-state index in [2.05, 4.69) is 11.4 Å². The minimum atomic E-state index is -3.67. The molecule has 1 atom stereocenters. The Bertz CT molecular complexity index is 845. The van der Waals surface area contributed by atoms with Gasteiger partial charge in [0.05, 0.1) is 17.4 Å². The maximum Gasteiger partial charge on any atom is 0.251 e. The zero-order chi connectivity index (χ0) is 18.7. The van der Waals surface area contributed by atoms with Gasteiger partial charge < -0.3 is 5.32 Å². The minimum absolute atomic E-state index is 0.197. The van der Waals surface area contributed by atoms with Crippen molar-refractivity contribution in [3.63, 3.8) is 0 Å². The molecule has 140 valence electrons. The Morgan fingerprint density at radius 2 is 2.12 bits per heavy atom. The first kappa shape index (κ1) is 18.6. The van der Waals surface area contributed by atoms with Gasteiger partial charge in [0, 0.05) is 12.1 Å². The quantitative estimate of drug-likeness (QED) is 0.801.